The highest BCUT2D eigenvalue weighted by molar-refractivity contribution is 5.68. The molecule has 0 bridgehead atoms. The normalized spacial score (nSPS) is 30.2. The van der Waals surface area contributed by atoms with Crippen LogP contribution in [0.25, 0.3) is 0 Å². The number of ether oxygens (including phenoxy) is 2. The molecule has 6 heteroatoms. The number of hydrogen-bond acceptors (Lipinski definition) is 5. The van der Waals surface area contributed by atoms with Crippen LogP contribution in [-0.4, -0.2) is 68.1 Å². The Morgan fingerprint density at radius 3 is 2.68 bits per heavy atom. The van der Waals surface area contributed by atoms with Gasteiger partial charge in [0, 0.05) is 19.7 Å². The predicted octanol–water partition coefficient (Wildman–Crippen LogP) is 1.35. The summed E-state index contributed by atoms with van der Waals surface area (Å²) in [7, 11) is 1.71. The third kappa shape index (κ3) is 5.11. The van der Waals surface area contributed by atoms with Gasteiger partial charge in [-0.1, -0.05) is 0 Å². The van der Waals surface area contributed by atoms with E-state index in [1.165, 1.54) is 12.8 Å². The Bertz CT molecular complexity index is 362. The summed E-state index contributed by atoms with van der Waals surface area (Å²) in [6, 6.07) is 0.678. The van der Waals surface area contributed by atoms with E-state index in [0.717, 1.165) is 19.5 Å². The van der Waals surface area contributed by atoms with Crippen LogP contribution >= 0.6 is 0 Å². The number of methoxy groups -OCH3 is 1. The van der Waals surface area contributed by atoms with Crippen LogP contribution in [0.2, 0.25) is 0 Å². The highest BCUT2D eigenvalue weighted by Gasteiger charge is 2.38. The minimum atomic E-state index is -0.460. The fourth-order valence-electron chi connectivity index (χ4n) is 3.14. The zero-order valence-corrected chi connectivity index (χ0v) is 14.4. The molecule has 2 unspecified atom stereocenters. The van der Waals surface area contributed by atoms with Gasteiger partial charge in [0.15, 0.2) is 0 Å². The van der Waals surface area contributed by atoms with E-state index >= 15 is 0 Å². The summed E-state index contributed by atoms with van der Waals surface area (Å²) >= 11 is 0. The Hall–Kier alpha value is -0.850. The maximum atomic E-state index is 12.2. The lowest BCUT2D eigenvalue weighted by atomic mass is 10.1. The Morgan fingerprint density at radius 2 is 2.00 bits per heavy atom. The highest BCUT2D eigenvalue weighted by Crippen LogP contribution is 2.19. The fraction of sp³-hybridized carbons (Fsp3) is 0.938. The maximum Gasteiger partial charge on any atom is 0.410 e. The number of amides is 1. The quantitative estimate of drug-likeness (QED) is 0.823. The van der Waals surface area contributed by atoms with Gasteiger partial charge in [0.2, 0.25) is 0 Å². The van der Waals surface area contributed by atoms with Gasteiger partial charge in [-0.25, -0.2) is 4.79 Å². The van der Waals surface area contributed by atoms with Crippen LogP contribution in [0.3, 0.4) is 0 Å². The molecule has 1 amide bonds. The number of nitrogens with one attached hydrogen (secondary N) is 2. The Balaban J connectivity index is 1.89. The zero-order valence-electron chi connectivity index (χ0n) is 14.4. The van der Waals surface area contributed by atoms with Crippen molar-refractivity contribution in [3.05, 3.63) is 0 Å². The number of hydrogen-bond donors (Lipinski definition) is 2. The van der Waals surface area contributed by atoms with Crippen LogP contribution in [0.1, 0.15) is 40.0 Å². The first kappa shape index (κ1) is 17.5. The van der Waals surface area contributed by atoms with Gasteiger partial charge in [0.25, 0.3) is 0 Å². The van der Waals surface area contributed by atoms with Gasteiger partial charge in [0.05, 0.1) is 18.7 Å². The summed E-state index contributed by atoms with van der Waals surface area (Å²) in [5, 5.41) is 7.12. The van der Waals surface area contributed by atoms with Gasteiger partial charge in [-0.05, 0) is 53.1 Å². The van der Waals surface area contributed by atoms with Crippen molar-refractivity contribution in [3.8, 4) is 0 Å². The van der Waals surface area contributed by atoms with Crippen molar-refractivity contribution in [2.75, 3.05) is 33.3 Å². The highest BCUT2D eigenvalue weighted by atomic mass is 16.6. The molecule has 2 aliphatic heterocycles. The van der Waals surface area contributed by atoms with Crippen molar-refractivity contribution in [1.82, 2.24) is 15.5 Å². The van der Waals surface area contributed by atoms with Crippen molar-refractivity contribution < 1.29 is 14.3 Å². The largest absolute Gasteiger partial charge is 0.444 e. The molecule has 0 aromatic carbocycles. The maximum absolute atomic E-state index is 12.2. The second kappa shape index (κ2) is 7.62. The summed E-state index contributed by atoms with van der Waals surface area (Å²) in [6.07, 6.45) is 3.27. The Labute approximate surface area is 133 Å². The van der Waals surface area contributed by atoms with Gasteiger partial charge in [-0.2, -0.15) is 0 Å². The number of rotatable bonds is 3. The van der Waals surface area contributed by atoms with E-state index in [0.29, 0.717) is 19.1 Å². The molecule has 0 saturated carbocycles. The molecule has 0 aromatic heterocycles. The van der Waals surface area contributed by atoms with Crippen LogP contribution in [0.5, 0.6) is 0 Å². The molecule has 6 nitrogen and oxygen atoms in total. The molecular formula is C16H31N3O3. The summed E-state index contributed by atoms with van der Waals surface area (Å²) in [5.74, 6) is 0. The van der Waals surface area contributed by atoms with Gasteiger partial charge in [-0.15, -0.1) is 0 Å². The smallest absolute Gasteiger partial charge is 0.410 e. The first-order valence-corrected chi connectivity index (χ1v) is 8.36. The molecule has 0 aromatic rings. The lowest BCUT2D eigenvalue weighted by Crippen LogP contribution is -2.46. The molecule has 2 aliphatic rings. The van der Waals surface area contributed by atoms with Crippen molar-refractivity contribution in [2.24, 2.45) is 0 Å². The SMILES string of the molecule is CO[C@H]1CN(C(=O)OC(C)(C)C)CC1NC1CCCNCC1. The lowest BCUT2D eigenvalue weighted by Gasteiger charge is -2.25. The lowest BCUT2D eigenvalue weighted by molar-refractivity contribution is 0.0252. The van der Waals surface area contributed by atoms with Crippen LogP contribution in [0.4, 0.5) is 4.79 Å². The van der Waals surface area contributed by atoms with Gasteiger partial charge >= 0.3 is 6.09 Å². The summed E-state index contributed by atoms with van der Waals surface area (Å²) < 4.78 is 11.0. The van der Waals surface area contributed by atoms with E-state index in [1.807, 2.05) is 20.8 Å². The fourth-order valence-corrected chi connectivity index (χ4v) is 3.14. The van der Waals surface area contributed by atoms with Gasteiger partial charge < -0.3 is 25.0 Å². The topological polar surface area (TPSA) is 62.8 Å². The molecule has 2 heterocycles. The molecule has 0 radical (unpaired) electrons. The van der Waals surface area contributed by atoms with Crippen LogP contribution in [-0.2, 0) is 9.47 Å². The van der Waals surface area contributed by atoms with E-state index in [1.54, 1.807) is 12.0 Å². The summed E-state index contributed by atoms with van der Waals surface area (Å²) in [6.45, 7) is 9.07. The number of likely N-dealkylation sites (tertiary alicyclic amines) is 1. The first-order valence-electron chi connectivity index (χ1n) is 8.36. The molecule has 128 valence electrons. The molecule has 2 N–H and O–H groups in total. The molecule has 2 fully saturated rings. The average molecular weight is 313 g/mol. The standard InChI is InChI=1S/C16H31N3O3/c1-16(2,3)22-15(20)19-10-13(14(11-19)21-4)18-12-6-5-8-17-9-7-12/h12-14,17-18H,5-11H2,1-4H3/t12?,13?,14-/m0/s1. The first-order chi connectivity index (χ1) is 10.4. The number of carbonyl (C=O) groups is 1. The molecule has 0 spiro atoms. The Kier molecular flexibility index (Phi) is 6.06. The van der Waals surface area contributed by atoms with Crippen molar-refractivity contribution in [1.29, 1.82) is 0 Å². The molecule has 2 rings (SSSR count). The van der Waals surface area contributed by atoms with Crippen LogP contribution in [0, 0.1) is 0 Å². The van der Waals surface area contributed by atoms with Gasteiger partial charge in [-0.3, -0.25) is 0 Å². The zero-order chi connectivity index (χ0) is 16.2. The van der Waals surface area contributed by atoms with Gasteiger partial charge in [0.1, 0.15) is 5.60 Å². The number of nitrogens with zero attached hydrogens (tertiary/aromatic N) is 1. The van der Waals surface area contributed by atoms with E-state index in [9.17, 15) is 4.79 Å². The van der Waals surface area contributed by atoms with Crippen molar-refractivity contribution >= 4 is 6.09 Å². The molecular weight excluding hydrogens is 282 g/mol. The molecule has 0 aliphatic carbocycles. The second-order valence-corrected chi connectivity index (χ2v) is 7.31. The minimum absolute atomic E-state index is 0.0312. The molecule has 2 saturated heterocycles. The third-order valence-electron chi connectivity index (χ3n) is 4.25. The van der Waals surface area contributed by atoms with E-state index in [2.05, 4.69) is 10.6 Å². The second-order valence-electron chi connectivity index (χ2n) is 7.31. The van der Waals surface area contributed by atoms with E-state index < -0.39 is 5.60 Å². The predicted molar refractivity (Wildman–Crippen MR) is 86.0 cm³/mol. The number of carbonyl (C=O) groups excluding carboxylic acids is 1. The van der Waals surface area contributed by atoms with E-state index in [-0.39, 0.29) is 18.2 Å². The summed E-state index contributed by atoms with van der Waals surface area (Å²) in [4.78, 5) is 14.0. The Morgan fingerprint density at radius 1 is 1.23 bits per heavy atom. The molecule has 22 heavy (non-hydrogen) atoms. The summed E-state index contributed by atoms with van der Waals surface area (Å²) in [5.41, 5.74) is -0.460. The van der Waals surface area contributed by atoms with Crippen molar-refractivity contribution in [3.63, 3.8) is 0 Å². The third-order valence-corrected chi connectivity index (χ3v) is 4.25. The van der Waals surface area contributed by atoms with Crippen LogP contribution in [0.15, 0.2) is 0 Å². The average Bonchev–Trinajstić information content (AvgIpc) is 2.65. The minimum Gasteiger partial charge on any atom is -0.444 e. The van der Waals surface area contributed by atoms with Crippen LogP contribution < -0.4 is 10.6 Å². The molecule has 3 atom stereocenters. The monoisotopic (exact) mass is 313 g/mol. The van der Waals surface area contributed by atoms with E-state index in [4.69, 9.17) is 9.47 Å². The van der Waals surface area contributed by atoms with Crippen molar-refractivity contribution in [2.45, 2.75) is 63.8 Å².